The highest BCUT2D eigenvalue weighted by atomic mass is 14.9. The van der Waals surface area contributed by atoms with Crippen LogP contribution < -0.4 is 0 Å². The molecule has 0 N–H and O–H groups in total. The van der Waals surface area contributed by atoms with Crippen molar-refractivity contribution in [1.29, 1.82) is 5.26 Å². The van der Waals surface area contributed by atoms with Crippen LogP contribution in [0.5, 0.6) is 0 Å². The second-order valence-corrected chi connectivity index (χ2v) is 9.47. The first kappa shape index (κ1) is 23.4. The molecular formula is C35H21N5. The number of hydrogen-bond donors (Lipinski definition) is 0. The number of nitrogens with zero attached hydrogens (tertiary/aromatic N) is 5. The monoisotopic (exact) mass is 511 g/mol. The molecule has 5 nitrogen and oxygen atoms in total. The maximum absolute atomic E-state index is 10.1. The largest absolute Gasteiger partial charge is 0.228 e. The van der Waals surface area contributed by atoms with Crippen molar-refractivity contribution in [2.45, 2.75) is 0 Å². The van der Waals surface area contributed by atoms with Crippen LogP contribution in [-0.2, 0) is 0 Å². The first-order chi connectivity index (χ1) is 19.8. The van der Waals surface area contributed by atoms with Gasteiger partial charge >= 0.3 is 0 Å². The summed E-state index contributed by atoms with van der Waals surface area (Å²) in [4.78, 5) is 19.7. The minimum absolute atomic E-state index is 0.528. The van der Waals surface area contributed by atoms with Crippen LogP contribution in [-0.4, -0.2) is 19.9 Å². The van der Waals surface area contributed by atoms with Gasteiger partial charge in [0.05, 0.1) is 34.1 Å². The zero-order valence-corrected chi connectivity index (χ0v) is 21.4. The van der Waals surface area contributed by atoms with E-state index in [-0.39, 0.29) is 0 Å². The van der Waals surface area contributed by atoms with Gasteiger partial charge in [0.25, 0.3) is 0 Å². The van der Waals surface area contributed by atoms with Crippen LogP contribution in [0.3, 0.4) is 0 Å². The molecule has 0 amide bonds. The number of benzene rings is 5. The van der Waals surface area contributed by atoms with E-state index >= 15 is 0 Å². The molecule has 40 heavy (non-hydrogen) atoms. The summed E-state index contributed by atoms with van der Waals surface area (Å²) in [6.07, 6.45) is 0. The zero-order valence-electron chi connectivity index (χ0n) is 21.4. The Morgan fingerprint density at radius 3 is 1.30 bits per heavy atom. The molecule has 2 heterocycles. The van der Waals surface area contributed by atoms with E-state index < -0.39 is 0 Å². The molecule has 0 radical (unpaired) electrons. The molecule has 0 atom stereocenters. The Morgan fingerprint density at radius 1 is 0.425 bits per heavy atom. The Morgan fingerprint density at radius 2 is 0.850 bits per heavy atom. The number of rotatable bonds is 4. The summed E-state index contributed by atoms with van der Waals surface area (Å²) in [6, 6.07) is 44.0. The molecule has 0 saturated heterocycles. The first-order valence-corrected chi connectivity index (χ1v) is 13.0. The van der Waals surface area contributed by atoms with Crippen LogP contribution in [0.2, 0.25) is 0 Å². The second kappa shape index (κ2) is 9.86. The second-order valence-electron chi connectivity index (χ2n) is 9.47. The molecule has 2 aromatic heterocycles. The molecule has 0 saturated carbocycles. The van der Waals surface area contributed by atoms with Crippen molar-refractivity contribution in [1.82, 2.24) is 19.9 Å². The molecule has 5 aromatic carbocycles. The Bertz CT molecular complexity index is 1920. The quantitative estimate of drug-likeness (QED) is 0.239. The van der Waals surface area contributed by atoms with E-state index in [9.17, 15) is 5.26 Å². The van der Waals surface area contributed by atoms with Gasteiger partial charge in [-0.1, -0.05) is 97.1 Å². The molecule has 7 rings (SSSR count). The molecule has 0 spiro atoms. The summed E-state index contributed by atoms with van der Waals surface area (Å²) < 4.78 is 0. The van der Waals surface area contributed by atoms with Crippen molar-refractivity contribution in [3.8, 4) is 51.4 Å². The molecule has 7 aromatic rings. The Balaban J connectivity index is 1.49. The van der Waals surface area contributed by atoms with E-state index in [1.807, 2.05) is 121 Å². The fourth-order valence-electron chi connectivity index (χ4n) is 4.99. The van der Waals surface area contributed by atoms with Gasteiger partial charge in [0.1, 0.15) is 0 Å². The zero-order chi connectivity index (χ0) is 26.9. The van der Waals surface area contributed by atoms with Crippen LogP contribution in [0.25, 0.3) is 67.1 Å². The lowest BCUT2D eigenvalue weighted by Crippen LogP contribution is -1.98. The van der Waals surface area contributed by atoms with Gasteiger partial charge in [-0.05, 0) is 30.3 Å². The van der Waals surface area contributed by atoms with Gasteiger partial charge in [-0.3, -0.25) is 0 Å². The lowest BCUT2D eigenvalue weighted by molar-refractivity contribution is 1.22. The average Bonchev–Trinajstić information content (AvgIpc) is 3.04. The molecule has 0 unspecified atom stereocenters. The first-order valence-electron chi connectivity index (χ1n) is 13.0. The van der Waals surface area contributed by atoms with Gasteiger partial charge in [0.15, 0.2) is 11.6 Å². The van der Waals surface area contributed by atoms with Crippen LogP contribution in [0, 0.1) is 11.3 Å². The maximum atomic E-state index is 10.1. The number of nitriles is 1. The molecular weight excluding hydrogens is 490 g/mol. The van der Waals surface area contributed by atoms with Gasteiger partial charge in [-0.2, -0.15) is 5.26 Å². The smallest absolute Gasteiger partial charge is 0.160 e. The van der Waals surface area contributed by atoms with Gasteiger partial charge in [-0.25, -0.2) is 19.9 Å². The minimum Gasteiger partial charge on any atom is -0.228 e. The third-order valence-corrected chi connectivity index (χ3v) is 6.88. The molecule has 0 aliphatic heterocycles. The molecule has 186 valence electrons. The van der Waals surface area contributed by atoms with Crippen molar-refractivity contribution >= 4 is 21.8 Å². The molecule has 0 fully saturated rings. The Kier molecular flexibility index (Phi) is 5.77. The van der Waals surface area contributed by atoms with Crippen LogP contribution in [0.4, 0.5) is 0 Å². The average molecular weight is 512 g/mol. The SMILES string of the molecule is N#Cc1cc(-c2nc(-c3ccccc3)nc3ccccc23)cc(-c2nc(-c3ccccc3)nc3ccccc23)c1. The van der Waals surface area contributed by atoms with Crippen molar-refractivity contribution in [2.75, 3.05) is 0 Å². The van der Waals surface area contributed by atoms with Crippen molar-refractivity contribution in [3.05, 3.63) is 133 Å². The van der Waals surface area contributed by atoms with Crippen molar-refractivity contribution in [3.63, 3.8) is 0 Å². The fraction of sp³-hybridized carbons (Fsp3) is 0. The van der Waals surface area contributed by atoms with E-state index in [4.69, 9.17) is 19.9 Å². The van der Waals surface area contributed by atoms with Gasteiger partial charge in [0.2, 0.25) is 0 Å². The Labute approximate surface area is 231 Å². The van der Waals surface area contributed by atoms with Crippen LogP contribution in [0.15, 0.2) is 127 Å². The van der Waals surface area contributed by atoms with Gasteiger partial charge < -0.3 is 0 Å². The standard InChI is InChI=1S/C35H21N5/c36-22-23-19-26(32-28-15-7-9-17-30(28)37-34(39-32)24-11-3-1-4-12-24)21-27(20-23)33-29-16-8-10-18-31(29)38-35(40-33)25-13-5-2-6-14-25/h1-21H. The predicted octanol–water partition coefficient (Wildman–Crippen LogP) is 8.11. The number of aromatic nitrogens is 4. The van der Waals surface area contributed by atoms with Crippen LogP contribution in [0.1, 0.15) is 5.56 Å². The van der Waals surface area contributed by atoms with Crippen molar-refractivity contribution in [2.24, 2.45) is 0 Å². The summed E-state index contributed by atoms with van der Waals surface area (Å²) in [5.74, 6) is 1.27. The molecule has 0 aliphatic rings. The predicted molar refractivity (Wildman–Crippen MR) is 159 cm³/mol. The van der Waals surface area contributed by atoms with E-state index in [2.05, 4.69) is 12.1 Å². The lowest BCUT2D eigenvalue weighted by atomic mass is 9.97. The number of fused-ring (bicyclic) bond motifs is 2. The highest BCUT2D eigenvalue weighted by Gasteiger charge is 2.16. The summed E-state index contributed by atoms with van der Waals surface area (Å²) in [5.41, 5.74) is 7.26. The third kappa shape index (κ3) is 4.24. The van der Waals surface area contributed by atoms with E-state index in [0.717, 1.165) is 55.4 Å². The molecule has 5 heteroatoms. The van der Waals surface area contributed by atoms with Crippen molar-refractivity contribution < 1.29 is 0 Å². The van der Waals surface area contributed by atoms with Gasteiger partial charge in [-0.15, -0.1) is 0 Å². The topological polar surface area (TPSA) is 75.3 Å². The summed E-state index contributed by atoms with van der Waals surface area (Å²) >= 11 is 0. The normalized spacial score (nSPS) is 11.0. The number of para-hydroxylation sites is 2. The van der Waals surface area contributed by atoms with E-state index in [1.165, 1.54) is 0 Å². The summed E-state index contributed by atoms with van der Waals surface area (Å²) in [5, 5.41) is 11.9. The minimum atomic E-state index is 0.528. The van der Waals surface area contributed by atoms with Crippen LogP contribution >= 0.6 is 0 Å². The Hall–Kier alpha value is -5.73. The van der Waals surface area contributed by atoms with E-state index in [1.54, 1.807) is 0 Å². The highest BCUT2D eigenvalue weighted by molar-refractivity contribution is 5.97. The molecule has 0 bridgehead atoms. The van der Waals surface area contributed by atoms with Gasteiger partial charge in [0, 0.05) is 33.0 Å². The molecule has 0 aliphatic carbocycles. The number of hydrogen-bond acceptors (Lipinski definition) is 5. The highest BCUT2D eigenvalue weighted by Crippen LogP contribution is 2.35. The third-order valence-electron chi connectivity index (χ3n) is 6.88. The summed E-state index contributed by atoms with van der Waals surface area (Å²) in [6.45, 7) is 0. The maximum Gasteiger partial charge on any atom is 0.160 e. The summed E-state index contributed by atoms with van der Waals surface area (Å²) in [7, 11) is 0. The van der Waals surface area contributed by atoms with E-state index in [0.29, 0.717) is 17.2 Å². The lowest BCUT2D eigenvalue weighted by Gasteiger charge is -2.13. The fourth-order valence-corrected chi connectivity index (χ4v) is 4.99.